The fourth-order valence-corrected chi connectivity index (χ4v) is 2.52. The standard InChI is InChI=1S/C17H18BrN3O4/c1-23-15-10-12(11-20-21-17(19)22)9-14(18)16(15)25-8-7-24-13-5-3-2-4-6-13/h2-6,9-11H,7-8H2,1H3,(H3,19,21,22)/b20-11+. The molecule has 0 aliphatic heterocycles. The lowest BCUT2D eigenvalue weighted by Gasteiger charge is -2.14. The van der Waals surface area contributed by atoms with E-state index < -0.39 is 6.03 Å². The third-order valence-corrected chi connectivity index (χ3v) is 3.57. The number of hydrogen-bond donors (Lipinski definition) is 2. The second-order valence-corrected chi connectivity index (χ2v) is 5.63. The van der Waals surface area contributed by atoms with Gasteiger partial charge >= 0.3 is 6.03 Å². The third-order valence-electron chi connectivity index (χ3n) is 2.98. The van der Waals surface area contributed by atoms with Crippen LogP contribution in [-0.2, 0) is 0 Å². The fourth-order valence-electron chi connectivity index (χ4n) is 1.94. The summed E-state index contributed by atoms with van der Waals surface area (Å²) in [7, 11) is 1.54. The molecule has 132 valence electrons. The zero-order valence-corrected chi connectivity index (χ0v) is 15.2. The summed E-state index contributed by atoms with van der Waals surface area (Å²) in [5, 5.41) is 3.71. The SMILES string of the molecule is COc1cc(/C=N/NC(N)=O)cc(Br)c1OCCOc1ccccc1. The minimum atomic E-state index is -0.736. The quantitative estimate of drug-likeness (QED) is 0.399. The Hall–Kier alpha value is -2.74. The molecular formula is C17H18BrN3O4. The van der Waals surface area contributed by atoms with Crippen LogP contribution in [-0.4, -0.2) is 32.6 Å². The molecule has 2 aromatic carbocycles. The van der Waals surface area contributed by atoms with E-state index in [0.29, 0.717) is 34.7 Å². The third kappa shape index (κ3) is 6.00. The van der Waals surface area contributed by atoms with Crippen LogP contribution in [0.25, 0.3) is 0 Å². The molecule has 0 aliphatic rings. The molecule has 0 unspecified atom stereocenters. The van der Waals surface area contributed by atoms with Gasteiger partial charge in [0.1, 0.15) is 19.0 Å². The van der Waals surface area contributed by atoms with Crippen molar-refractivity contribution < 1.29 is 19.0 Å². The van der Waals surface area contributed by atoms with Crippen LogP contribution >= 0.6 is 15.9 Å². The molecule has 0 bridgehead atoms. The Kier molecular flexibility index (Phi) is 7.09. The van der Waals surface area contributed by atoms with Gasteiger partial charge in [-0.15, -0.1) is 0 Å². The predicted octanol–water partition coefficient (Wildman–Crippen LogP) is 2.92. The molecule has 7 nitrogen and oxygen atoms in total. The Balaban J connectivity index is 1.97. The van der Waals surface area contributed by atoms with Crippen LogP contribution in [0, 0.1) is 0 Å². The van der Waals surface area contributed by atoms with Crippen molar-refractivity contribution in [2.45, 2.75) is 0 Å². The van der Waals surface area contributed by atoms with Gasteiger partial charge < -0.3 is 19.9 Å². The average molecular weight is 408 g/mol. The Bertz CT molecular complexity index is 738. The molecule has 0 aliphatic carbocycles. The number of para-hydroxylation sites is 1. The molecule has 25 heavy (non-hydrogen) atoms. The average Bonchev–Trinajstić information content (AvgIpc) is 2.60. The molecule has 3 N–H and O–H groups in total. The zero-order valence-electron chi connectivity index (χ0n) is 13.6. The van der Waals surface area contributed by atoms with Crippen LogP contribution in [0.1, 0.15) is 5.56 Å². The molecule has 0 saturated heterocycles. The first kappa shape index (κ1) is 18.6. The number of nitrogens with two attached hydrogens (primary N) is 1. The van der Waals surface area contributed by atoms with Crippen LogP contribution in [0.2, 0.25) is 0 Å². The van der Waals surface area contributed by atoms with Gasteiger partial charge in [0.05, 0.1) is 17.8 Å². The molecule has 0 aromatic heterocycles. The number of urea groups is 1. The van der Waals surface area contributed by atoms with Crippen molar-refractivity contribution >= 4 is 28.2 Å². The Labute approximate surface area is 153 Å². The summed E-state index contributed by atoms with van der Waals surface area (Å²) in [6, 6.07) is 12.3. The van der Waals surface area contributed by atoms with E-state index in [0.717, 1.165) is 5.75 Å². The highest BCUT2D eigenvalue weighted by Gasteiger charge is 2.11. The molecule has 8 heteroatoms. The van der Waals surface area contributed by atoms with E-state index in [1.54, 1.807) is 12.1 Å². The van der Waals surface area contributed by atoms with Gasteiger partial charge in [0.2, 0.25) is 0 Å². The number of carbonyl (C=O) groups excluding carboxylic acids is 1. The molecule has 0 radical (unpaired) electrons. The van der Waals surface area contributed by atoms with Crippen LogP contribution in [0.3, 0.4) is 0 Å². The number of benzene rings is 2. The summed E-state index contributed by atoms with van der Waals surface area (Å²) in [6.07, 6.45) is 1.44. The van der Waals surface area contributed by atoms with Crippen LogP contribution in [0.15, 0.2) is 52.0 Å². The number of methoxy groups -OCH3 is 1. The maximum atomic E-state index is 10.6. The lowest BCUT2D eigenvalue weighted by molar-refractivity contribution is 0.210. The molecule has 2 rings (SSSR count). The van der Waals surface area contributed by atoms with Gasteiger partial charge in [-0.2, -0.15) is 5.10 Å². The first-order valence-electron chi connectivity index (χ1n) is 7.37. The number of nitrogens with one attached hydrogen (secondary N) is 1. The Morgan fingerprint density at radius 1 is 1.24 bits per heavy atom. The number of halogens is 1. The van der Waals surface area contributed by atoms with Gasteiger partial charge in [-0.05, 0) is 45.8 Å². The largest absolute Gasteiger partial charge is 0.493 e. The van der Waals surface area contributed by atoms with Crippen molar-refractivity contribution in [2.75, 3.05) is 20.3 Å². The van der Waals surface area contributed by atoms with Crippen molar-refractivity contribution in [1.29, 1.82) is 0 Å². The Morgan fingerprint density at radius 3 is 2.64 bits per heavy atom. The number of amides is 2. The lowest BCUT2D eigenvalue weighted by atomic mass is 10.2. The smallest absolute Gasteiger partial charge is 0.332 e. The van der Waals surface area contributed by atoms with Gasteiger partial charge in [0.15, 0.2) is 11.5 Å². The molecule has 0 fully saturated rings. The summed E-state index contributed by atoms with van der Waals surface area (Å²) in [5.41, 5.74) is 7.77. The first-order valence-corrected chi connectivity index (χ1v) is 8.16. The van der Waals surface area contributed by atoms with E-state index in [1.807, 2.05) is 30.3 Å². The van der Waals surface area contributed by atoms with Gasteiger partial charge in [-0.1, -0.05) is 18.2 Å². The van der Waals surface area contributed by atoms with Gasteiger partial charge in [-0.3, -0.25) is 0 Å². The number of rotatable bonds is 8. The van der Waals surface area contributed by atoms with E-state index in [1.165, 1.54) is 13.3 Å². The highest BCUT2D eigenvalue weighted by atomic mass is 79.9. The number of primary amides is 1. The maximum absolute atomic E-state index is 10.6. The number of nitrogens with zero attached hydrogens (tertiary/aromatic N) is 1. The maximum Gasteiger partial charge on any atom is 0.332 e. The molecule has 0 saturated carbocycles. The highest BCUT2D eigenvalue weighted by Crippen LogP contribution is 2.36. The van der Waals surface area contributed by atoms with Gasteiger partial charge in [0, 0.05) is 0 Å². The number of ether oxygens (including phenoxy) is 3. The van der Waals surface area contributed by atoms with Crippen LogP contribution in [0.5, 0.6) is 17.2 Å². The summed E-state index contributed by atoms with van der Waals surface area (Å²) >= 11 is 3.44. The van der Waals surface area contributed by atoms with Crippen molar-refractivity contribution in [1.82, 2.24) is 5.43 Å². The predicted molar refractivity (Wildman–Crippen MR) is 98.4 cm³/mol. The Morgan fingerprint density at radius 2 is 1.96 bits per heavy atom. The number of hydrazone groups is 1. The summed E-state index contributed by atoms with van der Waals surface area (Å²) in [6.45, 7) is 0.742. The summed E-state index contributed by atoms with van der Waals surface area (Å²) in [5.74, 6) is 1.86. The topological polar surface area (TPSA) is 95.2 Å². The van der Waals surface area contributed by atoms with E-state index >= 15 is 0 Å². The summed E-state index contributed by atoms with van der Waals surface area (Å²) < 4.78 is 17.4. The van der Waals surface area contributed by atoms with E-state index in [2.05, 4.69) is 26.5 Å². The summed E-state index contributed by atoms with van der Waals surface area (Å²) in [4.78, 5) is 10.6. The molecule has 0 atom stereocenters. The second kappa shape index (κ2) is 9.53. The minimum Gasteiger partial charge on any atom is -0.493 e. The first-order chi connectivity index (χ1) is 12.1. The van der Waals surface area contributed by atoms with E-state index in [9.17, 15) is 4.79 Å². The van der Waals surface area contributed by atoms with Crippen molar-refractivity contribution in [3.05, 3.63) is 52.5 Å². The van der Waals surface area contributed by atoms with Gasteiger partial charge in [0.25, 0.3) is 0 Å². The van der Waals surface area contributed by atoms with Crippen molar-refractivity contribution in [3.8, 4) is 17.2 Å². The zero-order chi connectivity index (χ0) is 18.1. The van der Waals surface area contributed by atoms with Crippen LogP contribution < -0.4 is 25.4 Å². The van der Waals surface area contributed by atoms with Crippen molar-refractivity contribution in [2.24, 2.45) is 10.8 Å². The molecule has 0 spiro atoms. The molecule has 2 aromatic rings. The minimum absolute atomic E-state index is 0.348. The molecule has 0 heterocycles. The number of carbonyl (C=O) groups is 1. The van der Waals surface area contributed by atoms with Crippen LogP contribution in [0.4, 0.5) is 4.79 Å². The normalized spacial score (nSPS) is 10.5. The van der Waals surface area contributed by atoms with E-state index in [4.69, 9.17) is 19.9 Å². The highest BCUT2D eigenvalue weighted by molar-refractivity contribution is 9.10. The fraction of sp³-hybridized carbons (Fsp3) is 0.176. The molecular weight excluding hydrogens is 390 g/mol. The lowest BCUT2D eigenvalue weighted by Crippen LogP contribution is -2.24. The second-order valence-electron chi connectivity index (χ2n) is 4.78. The number of hydrogen-bond acceptors (Lipinski definition) is 5. The van der Waals surface area contributed by atoms with E-state index in [-0.39, 0.29) is 0 Å². The van der Waals surface area contributed by atoms with Crippen molar-refractivity contribution in [3.63, 3.8) is 0 Å². The molecule has 2 amide bonds. The van der Waals surface area contributed by atoms with Gasteiger partial charge in [-0.25, -0.2) is 10.2 Å². The monoisotopic (exact) mass is 407 g/mol.